The molecule has 1 saturated heterocycles. The van der Waals surface area contributed by atoms with Crippen molar-refractivity contribution in [1.82, 2.24) is 10.6 Å². The van der Waals surface area contributed by atoms with E-state index in [0.717, 1.165) is 32.7 Å². The lowest BCUT2D eigenvalue weighted by Gasteiger charge is -2.33. The molecule has 1 fully saturated rings. The van der Waals surface area contributed by atoms with Crippen molar-refractivity contribution < 1.29 is 4.74 Å². The van der Waals surface area contributed by atoms with Crippen molar-refractivity contribution in [2.24, 2.45) is 0 Å². The quantitative estimate of drug-likeness (QED) is 0.698. The van der Waals surface area contributed by atoms with Gasteiger partial charge in [-0.25, -0.2) is 0 Å². The first kappa shape index (κ1) is 13.9. The Bertz CT molecular complexity index is 167. The Morgan fingerprint density at radius 2 is 1.94 bits per heavy atom. The first-order valence-electron chi connectivity index (χ1n) is 6.83. The Kier molecular flexibility index (Phi) is 6.32. The molecule has 0 aromatic rings. The lowest BCUT2D eigenvalue weighted by Crippen LogP contribution is -2.46. The van der Waals surface area contributed by atoms with Gasteiger partial charge in [-0.3, -0.25) is 0 Å². The number of morpholine rings is 1. The van der Waals surface area contributed by atoms with Crippen molar-refractivity contribution in [3.63, 3.8) is 0 Å². The van der Waals surface area contributed by atoms with Gasteiger partial charge < -0.3 is 15.4 Å². The molecule has 1 aliphatic heterocycles. The Morgan fingerprint density at radius 1 is 1.25 bits per heavy atom. The standard InChI is InChI=1S/C13H28N2O/c1-4-13(5-2,6-3)15-8-7-12-11-14-9-10-16-12/h12,14-15H,4-11H2,1-3H3. The summed E-state index contributed by atoms with van der Waals surface area (Å²) in [6.45, 7) is 10.8. The van der Waals surface area contributed by atoms with Crippen LogP contribution in [0.4, 0.5) is 0 Å². The Balaban J connectivity index is 2.21. The summed E-state index contributed by atoms with van der Waals surface area (Å²) >= 11 is 0. The van der Waals surface area contributed by atoms with Crippen LogP contribution in [0.2, 0.25) is 0 Å². The summed E-state index contributed by atoms with van der Waals surface area (Å²) in [7, 11) is 0. The summed E-state index contributed by atoms with van der Waals surface area (Å²) in [5, 5.41) is 7.09. The van der Waals surface area contributed by atoms with E-state index in [4.69, 9.17) is 4.74 Å². The van der Waals surface area contributed by atoms with Gasteiger partial charge in [-0.1, -0.05) is 20.8 Å². The minimum atomic E-state index is 0.349. The van der Waals surface area contributed by atoms with Gasteiger partial charge in [0.15, 0.2) is 0 Å². The van der Waals surface area contributed by atoms with Crippen LogP contribution in [0, 0.1) is 0 Å². The SMILES string of the molecule is CCC(CC)(CC)NCCC1CNCCO1. The van der Waals surface area contributed by atoms with Crippen LogP contribution in [-0.2, 0) is 4.74 Å². The average Bonchev–Trinajstić information content (AvgIpc) is 2.37. The van der Waals surface area contributed by atoms with E-state index in [9.17, 15) is 0 Å². The molecular formula is C13H28N2O. The third-order valence-electron chi connectivity index (χ3n) is 4.00. The van der Waals surface area contributed by atoms with Crippen LogP contribution < -0.4 is 10.6 Å². The summed E-state index contributed by atoms with van der Waals surface area (Å²) < 4.78 is 5.69. The van der Waals surface area contributed by atoms with Crippen LogP contribution >= 0.6 is 0 Å². The number of hydrogen-bond acceptors (Lipinski definition) is 3. The molecule has 1 aliphatic rings. The fourth-order valence-electron chi connectivity index (χ4n) is 2.43. The van der Waals surface area contributed by atoms with Gasteiger partial charge in [-0.2, -0.15) is 0 Å². The molecule has 1 unspecified atom stereocenters. The van der Waals surface area contributed by atoms with E-state index >= 15 is 0 Å². The van der Waals surface area contributed by atoms with Crippen LogP contribution in [0.1, 0.15) is 46.5 Å². The molecule has 16 heavy (non-hydrogen) atoms. The summed E-state index contributed by atoms with van der Waals surface area (Å²) in [5.41, 5.74) is 0.349. The fraction of sp³-hybridized carbons (Fsp3) is 1.00. The third-order valence-corrected chi connectivity index (χ3v) is 4.00. The summed E-state index contributed by atoms with van der Waals surface area (Å²) in [5.74, 6) is 0. The van der Waals surface area contributed by atoms with Crippen molar-refractivity contribution >= 4 is 0 Å². The van der Waals surface area contributed by atoms with Gasteiger partial charge in [-0.15, -0.1) is 0 Å². The highest BCUT2D eigenvalue weighted by Crippen LogP contribution is 2.19. The van der Waals surface area contributed by atoms with Gasteiger partial charge in [-0.05, 0) is 32.2 Å². The molecule has 96 valence electrons. The van der Waals surface area contributed by atoms with Crippen LogP contribution in [0.5, 0.6) is 0 Å². The maximum Gasteiger partial charge on any atom is 0.0712 e. The van der Waals surface area contributed by atoms with Crippen molar-refractivity contribution in [2.75, 3.05) is 26.2 Å². The Morgan fingerprint density at radius 3 is 2.44 bits per heavy atom. The minimum Gasteiger partial charge on any atom is -0.376 e. The molecule has 1 heterocycles. The number of rotatable bonds is 7. The van der Waals surface area contributed by atoms with Crippen LogP contribution in [0.15, 0.2) is 0 Å². The molecule has 0 aromatic heterocycles. The van der Waals surface area contributed by atoms with Gasteiger partial charge in [0.05, 0.1) is 12.7 Å². The molecule has 2 N–H and O–H groups in total. The van der Waals surface area contributed by atoms with E-state index in [0.29, 0.717) is 11.6 Å². The number of ether oxygens (including phenoxy) is 1. The number of nitrogens with one attached hydrogen (secondary N) is 2. The molecule has 0 radical (unpaired) electrons. The van der Waals surface area contributed by atoms with Crippen LogP contribution in [0.3, 0.4) is 0 Å². The molecular weight excluding hydrogens is 200 g/mol. The molecule has 0 aliphatic carbocycles. The predicted molar refractivity (Wildman–Crippen MR) is 68.8 cm³/mol. The van der Waals surface area contributed by atoms with E-state index in [2.05, 4.69) is 31.4 Å². The molecule has 3 heteroatoms. The third kappa shape index (κ3) is 4.04. The molecule has 0 spiro atoms. The Labute approximate surface area is 100 Å². The van der Waals surface area contributed by atoms with Gasteiger partial charge in [0.2, 0.25) is 0 Å². The highest BCUT2D eigenvalue weighted by molar-refractivity contribution is 4.84. The van der Waals surface area contributed by atoms with Gasteiger partial charge in [0.1, 0.15) is 0 Å². The monoisotopic (exact) mass is 228 g/mol. The van der Waals surface area contributed by atoms with E-state index < -0.39 is 0 Å². The summed E-state index contributed by atoms with van der Waals surface area (Å²) in [6, 6.07) is 0. The Hall–Kier alpha value is -0.120. The molecule has 1 atom stereocenters. The van der Waals surface area contributed by atoms with Gasteiger partial charge in [0, 0.05) is 18.6 Å². The zero-order chi connectivity index (χ0) is 11.9. The van der Waals surface area contributed by atoms with Crippen LogP contribution in [0.25, 0.3) is 0 Å². The lowest BCUT2D eigenvalue weighted by atomic mass is 9.89. The topological polar surface area (TPSA) is 33.3 Å². The maximum absolute atomic E-state index is 5.69. The lowest BCUT2D eigenvalue weighted by molar-refractivity contribution is 0.0223. The fourth-order valence-corrected chi connectivity index (χ4v) is 2.43. The second kappa shape index (κ2) is 7.25. The molecule has 0 bridgehead atoms. The summed E-state index contributed by atoms with van der Waals surface area (Å²) in [4.78, 5) is 0. The molecule has 0 amide bonds. The van der Waals surface area contributed by atoms with Gasteiger partial charge in [0.25, 0.3) is 0 Å². The van der Waals surface area contributed by atoms with Gasteiger partial charge >= 0.3 is 0 Å². The first-order valence-corrected chi connectivity index (χ1v) is 6.83. The molecule has 3 nitrogen and oxygen atoms in total. The highest BCUT2D eigenvalue weighted by Gasteiger charge is 2.23. The molecule has 0 saturated carbocycles. The normalized spacial score (nSPS) is 22.3. The van der Waals surface area contributed by atoms with Crippen molar-refractivity contribution in [2.45, 2.75) is 58.1 Å². The zero-order valence-corrected chi connectivity index (χ0v) is 11.1. The largest absolute Gasteiger partial charge is 0.376 e. The highest BCUT2D eigenvalue weighted by atomic mass is 16.5. The van der Waals surface area contributed by atoms with Crippen molar-refractivity contribution in [3.8, 4) is 0 Å². The van der Waals surface area contributed by atoms with Crippen LogP contribution in [-0.4, -0.2) is 37.9 Å². The molecule has 1 rings (SSSR count). The maximum atomic E-state index is 5.69. The minimum absolute atomic E-state index is 0.349. The van der Waals surface area contributed by atoms with E-state index in [1.165, 1.54) is 19.3 Å². The summed E-state index contributed by atoms with van der Waals surface area (Å²) in [6.07, 6.45) is 5.16. The second-order valence-electron chi connectivity index (χ2n) is 4.75. The van der Waals surface area contributed by atoms with Crippen molar-refractivity contribution in [1.29, 1.82) is 0 Å². The second-order valence-corrected chi connectivity index (χ2v) is 4.75. The van der Waals surface area contributed by atoms with E-state index in [-0.39, 0.29) is 0 Å². The predicted octanol–water partition coefficient (Wildman–Crippen LogP) is 1.92. The van der Waals surface area contributed by atoms with E-state index in [1.807, 2.05) is 0 Å². The average molecular weight is 228 g/mol. The van der Waals surface area contributed by atoms with Crippen molar-refractivity contribution in [3.05, 3.63) is 0 Å². The number of hydrogen-bond donors (Lipinski definition) is 2. The smallest absolute Gasteiger partial charge is 0.0712 e. The molecule has 0 aromatic carbocycles. The zero-order valence-electron chi connectivity index (χ0n) is 11.1. The first-order chi connectivity index (χ1) is 7.76. The van der Waals surface area contributed by atoms with E-state index in [1.54, 1.807) is 0 Å².